The second-order valence-electron chi connectivity index (χ2n) is 4.25. The Morgan fingerprint density at radius 2 is 1.95 bits per heavy atom. The summed E-state index contributed by atoms with van der Waals surface area (Å²) in [6, 6.07) is 11.6. The average molecular weight is 385 g/mol. The van der Waals surface area contributed by atoms with E-state index in [1.807, 2.05) is 12.1 Å². The summed E-state index contributed by atoms with van der Waals surface area (Å²) in [5.41, 5.74) is 1.26. The fourth-order valence-electron chi connectivity index (χ4n) is 1.59. The van der Waals surface area contributed by atoms with Gasteiger partial charge in [-0.05, 0) is 71.5 Å². The molecule has 0 radical (unpaired) electrons. The Morgan fingerprint density at radius 3 is 2.65 bits per heavy atom. The maximum atomic E-state index is 13.1. The number of aryl methyl sites for hydroxylation is 1. The zero-order valence-electron chi connectivity index (χ0n) is 10.8. The number of amides is 1. The van der Waals surface area contributed by atoms with E-state index in [1.54, 1.807) is 25.1 Å². The summed E-state index contributed by atoms with van der Waals surface area (Å²) in [6.07, 6.45) is 0. The average Bonchev–Trinajstić information content (AvgIpc) is 2.42. The first-order valence-corrected chi connectivity index (χ1v) is 7.07. The highest BCUT2D eigenvalue weighted by molar-refractivity contribution is 14.1. The van der Waals surface area contributed by atoms with Crippen LogP contribution in [0.25, 0.3) is 0 Å². The molecule has 0 unspecified atom stereocenters. The van der Waals surface area contributed by atoms with Crippen LogP contribution in [0.15, 0.2) is 42.5 Å². The molecule has 0 aliphatic heterocycles. The van der Waals surface area contributed by atoms with E-state index in [1.165, 1.54) is 12.1 Å². The van der Waals surface area contributed by atoms with Gasteiger partial charge in [0.15, 0.2) is 6.61 Å². The fraction of sp³-hybridized carbons (Fsp3) is 0.133. The van der Waals surface area contributed by atoms with Gasteiger partial charge in [0, 0.05) is 9.26 Å². The molecule has 0 saturated carbocycles. The molecule has 20 heavy (non-hydrogen) atoms. The van der Waals surface area contributed by atoms with Crippen LogP contribution in [0.5, 0.6) is 5.75 Å². The van der Waals surface area contributed by atoms with Crippen LogP contribution >= 0.6 is 22.6 Å². The Morgan fingerprint density at radius 1 is 1.25 bits per heavy atom. The van der Waals surface area contributed by atoms with Crippen LogP contribution < -0.4 is 10.1 Å². The molecular weight excluding hydrogens is 372 g/mol. The number of hydrogen-bond acceptors (Lipinski definition) is 2. The van der Waals surface area contributed by atoms with Gasteiger partial charge in [0.05, 0.1) is 0 Å². The van der Waals surface area contributed by atoms with Crippen LogP contribution in [0.4, 0.5) is 10.1 Å². The van der Waals surface area contributed by atoms with E-state index in [4.69, 9.17) is 4.74 Å². The maximum absolute atomic E-state index is 13.1. The molecule has 0 aliphatic carbocycles. The predicted molar refractivity (Wildman–Crippen MR) is 84.4 cm³/mol. The number of anilines is 1. The largest absolute Gasteiger partial charge is 0.484 e. The first-order valence-electron chi connectivity index (χ1n) is 5.99. The third-order valence-corrected chi connectivity index (χ3v) is 3.38. The first-order chi connectivity index (χ1) is 9.54. The minimum absolute atomic E-state index is 0.115. The number of rotatable bonds is 4. The van der Waals surface area contributed by atoms with Gasteiger partial charge in [0.2, 0.25) is 0 Å². The Balaban J connectivity index is 1.92. The molecule has 5 heteroatoms. The van der Waals surface area contributed by atoms with Crippen LogP contribution in [0.2, 0.25) is 0 Å². The molecule has 2 aromatic rings. The van der Waals surface area contributed by atoms with E-state index in [0.717, 1.165) is 9.13 Å². The smallest absolute Gasteiger partial charge is 0.262 e. The van der Waals surface area contributed by atoms with Gasteiger partial charge in [-0.2, -0.15) is 0 Å². The number of carbonyl (C=O) groups excluding carboxylic acids is 1. The molecule has 104 valence electrons. The summed E-state index contributed by atoms with van der Waals surface area (Å²) >= 11 is 2.19. The Hall–Kier alpha value is -1.63. The van der Waals surface area contributed by atoms with Crippen LogP contribution in [0.3, 0.4) is 0 Å². The minimum Gasteiger partial charge on any atom is -0.484 e. The lowest BCUT2D eigenvalue weighted by Gasteiger charge is -2.09. The third-order valence-electron chi connectivity index (χ3n) is 2.66. The highest BCUT2D eigenvalue weighted by atomic mass is 127. The maximum Gasteiger partial charge on any atom is 0.262 e. The van der Waals surface area contributed by atoms with Gasteiger partial charge >= 0.3 is 0 Å². The molecule has 0 fully saturated rings. The van der Waals surface area contributed by atoms with E-state index in [0.29, 0.717) is 11.4 Å². The van der Waals surface area contributed by atoms with Crippen molar-refractivity contribution in [1.82, 2.24) is 0 Å². The second-order valence-corrected chi connectivity index (χ2v) is 5.50. The van der Waals surface area contributed by atoms with Crippen molar-refractivity contribution in [1.29, 1.82) is 0 Å². The van der Waals surface area contributed by atoms with Crippen LogP contribution in [-0.2, 0) is 4.79 Å². The number of hydrogen-bond donors (Lipinski definition) is 1. The number of nitrogens with one attached hydrogen (secondary N) is 1. The normalized spacial score (nSPS) is 10.2. The van der Waals surface area contributed by atoms with Gasteiger partial charge in [-0.3, -0.25) is 4.79 Å². The van der Waals surface area contributed by atoms with Crippen molar-refractivity contribution in [2.24, 2.45) is 0 Å². The number of halogens is 2. The summed E-state index contributed by atoms with van der Waals surface area (Å²) in [5, 5.41) is 2.63. The molecular formula is C15H13FINO2. The van der Waals surface area contributed by atoms with Gasteiger partial charge < -0.3 is 10.1 Å². The fourth-order valence-corrected chi connectivity index (χ4v) is 1.95. The predicted octanol–water partition coefficient (Wildman–Crippen LogP) is 3.76. The molecule has 2 rings (SSSR count). The molecule has 0 saturated heterocycles. The Kier molecular flexibility index (Phi) is 4.94. The molecule has 3 nitrogen and oxygen atoms in total. The topological polar surface area (TPSA) is 38.3 Å². The summed E-state index contributed by atoms with van der Waals surface area (Å²) in [7, 11) is 0. The molecule has 1 N–H and O–H groups in total. The van der Waals surface area contributed by atoms with E-state index >= 15 is 0 Å². The van der Waals surface area contributed by atoms with Crippen molar-refractivity contribution in [3.63, 3.8) is 0 Å². The molecule has 0 bridgehead atoms. The Labute approximate surface area is 130 Å². The summed E-state index contributed by atoms with van der Waals surface area (Å²) in [4.78, 5) is 11.8. The lowest BCUT2D eigenvalue weighted by molar-refractivity contribution is -0.118. The van der Waals surface area contributed by atoms with Crippen molar-refractivity contribution in [2.75, 3.05) is 11.9 Å². The quantitative estimate of drug-likeness (QED) is 0.815. The lowest BCUT2D eigenvalue weighted by atomic mass is 10.2. The van der Waals surface area contributed by atoms with E-state index < -0.39 is 0 Å². The van der Waals surface area contributed by atoms with Crippen molar-refractivity contribution < 1.29 is 13.9 Å². The standard InChI is InChI=1S/C15H13FINO2/c1-10-2-3-11(16)8-14(10)18-15(19)9-20-13-6-4-12(17)5-7-13/h2-8H,9H2,1H3,(H,18,19). The number of carbonyl (C=O) groups is 1. The first kappa shape index (κ1) is 14.8. The van der Waals surface area contributed by atoms with Gasteiger partial charge in [0.25, 0.3) is 5.91 Å². The monoisotopic (exact) mass is 385 g/mol. The summed E-state index contributed by atoms with van der Waals surface area (Å²) in [6.45, 7) is 1.69. The third kappa shape index (κ3) is 4.19. The summed E-state index contributed by atoms with van der Waals surface area (Å²) < 4.78 is 19.6. The van der Waals surface area contributed by atoms with E-state index in [9.17, 15) is 9.18 Å². The molecule has 0 aromatic heterocycles. The second kappa shape index (κ2) is 6.69. The zero-order chi connectivity index (χ0) is 14.5. The molecule has 0 heterocycles. The SMILES string of the molecule is Cc1ccc(F)cc1NC(=O)COc1ccc(I)cc1. The van der Waals surface area contributed by atoms with Gasteiger partial charge in [-0.25, -0.2) is 4.39 Å². The summed E-state index contributed by atoms with van der Waals surface area (Å²) in [5.74, 6) is -0.0850. The van der Waals surface area contributed by atoms with E-state index in [-0.39, 0.29) is 18.3 Å². The Bertz CT molecular complexity index is 614. The molecule has 2 aromatic carbocycles. The highest BCUT2D eigenvalue weighted by Gasteiger charge is 2.07. The van der Waals surface area contributed by atoms with Crippen molar-refractivity contribution >= 4 is 34.2 Å². The van der Waals surface area contributed by atoms with Gasteiger partial charge in [-0.1, -0.05) is 6.07 Å². The lowest BCUT2D eigenvalue weighted by Crippen LogP contribution is -2.20. The zero-order valence-corrected chi connectivity index (χ0v) is 13.0. The molecule has 0 atom stereocenters. The molecule has 0 spiro atoms. The molecule has 0 aliphatic rings. The van der Waals surface area contributed by atoms with Crippen LogP contribution in [-0.4, -0.2) is 12.5 Å². The van der Waals surface area contributed by atoms with Crippen molar-refractivity contribution in [3.05, 3.63) is 57.4 Å². The van der Waals surface area contributed by atoms with E-state index in [2.05, 4.69) is 27.9 Å². The van der Waals surface area contributed by atoms with Crippen molar-refractivity contribution in [3.8, 4) is 5.75 Å². The molecule has 1 amide bonds. The van der Waals surface area contributed by atoms with Crippen LogP contribution in [0.1, 0.15) is 5.56 Å². The van der Waals surface area contributed by atoms with Crippen molar-refractivity contribution in [2.45, 2.75) is 6.92 Å². The minimum atomic E-state index is -0.385. The van der Waals surface area contributed by atoms with Crippen LogP contribution in [0, 0.1) is 16.3 Å². The van der Waals surface area contributed by atoms with Gasteiger partial charge in [-0.15, -0.1) is 0 Å². The number of ether oxygens (including phenoxy) is 1. The number of benzene rings is 2. The highest BCUT2D eigenvalue weighted by Crippen LogP contribution is 2.16. The van der Waals surface area contributed by atoms with Gasteiger partial charge in [0.1, 0.15) is 11.6 Å².